The van der Waals surface area contributed by atoms with Crippen LogP contribution in [0.2, 0.25) is 0 Å². The van der Waals surface area contributed by atoms with Crippen molar-refractivity contribution in [3.63, 3.8) is 0 Å². The minimum atomic E-state index is -1.41. The van der Waals surface area contributed by atoms with E-state index >= 15 is 0 Å². The summed E-state index contributed by atoms with van der Waals surface area (Å²) in [7, 11) is 1.32. The molecule has 0 aromatic carbocycles. The molecule has 0 aromatic rings. The highest BCUT2D eigenvalue weighted by atomic mass is 17.3. The number of esters is 1. The fourth-order valence-corrected chi connectivity index (χ4v) is 1.44. The summed E-state index contributed by atoms with van der Waals surface area (Å²) >= 11 is 0. The van der Waals surface area contributed by atoms with E-state index in [-0.39, 0.29) is 0 Å². The lowest BCUT2D eigenvalue weighted by Crippen LogP contribution is -2.47. The number of rotatable bonds is 7. The van der Waals surface area contributed by atoms with Crippen LogP contribution >= 0.6 is 0 Å². The van der Waals surface area contributed by atoms with Crippen molar-refractivity contribution in [1.82, 2.24) is 0 Å². The summed E-state index contributed by atoms with van der Waals surface area (Å²) in [5.74, 6) is -2.55. The first kappa shape index (κ1) is 20.3. The van der Waals surface area contributed by atoms with Gasteiger partial charge >= 0.3 is 5.97 Å². The first-order valence-corrected chi connectivity index (χ1v) is 7.16. The highest BCUT2D eigenvalue weighted by Crippen LogP contribution is 2.31. The number of methoxy groups -OCH3 is 1. The van der Waals surface area contributed by atoms with Gasteiger partial charge in [0.1, 0.15) is 5.92 Å². The third-order valence-corrected chi connectivity index (χ3v) is 2.44. The molecular weight excluding hydrogens is 276 g/mol. The predicted octanol–water partition coefficient (Wildman–Crippen LogP) is 3.40. The number of hydrogen-bond acceptors (Lipinski definition) is 6. The zero-order valence-electron chi connectivity index (χ0n) is 14.7. The maximum absolute atomic E-state index is 11.9. The molecule has 0 aromatic heterocycles. The van der Waals surface area contributed by atoms with E-state index in [1.165, 1.54) is 7.11 Å². The third kappa shape index (κ3) is 7.76. The molecule has 0 N–H and O–H groups in total. The Labute approximate surface area is 127 Å². The molecule has 0 amide bonds. The Kier molecular flexibility index (Phi) is 7.29. The lowest BCUT2D eigenvalue weighted by Gasteiger charge is -2.36. The van der Waals surface area contributed by atoms with Gasteiger partial charge in [-0.15, -0.1) is 0 Å². The van der Waals surface area contributed by atoms with Gasteiger partial charge in [0.2, 0.25) is 5.79 Å². The molecule has 0 saturated heterocycles. The third-order valence-electron chi connectivity index (χ3n) is 2.44. The van der Waals surface area contributed by atoms with Crippen LogP contribution in [0.15, 0.2) is 0 Å². The van der Waals surface area contributed by atoms with Crippen LogP contribution in [0.3, 0.4) is 0 Å². The molecule has 0 bridgehead atoms. The average molecular weight is 306 g/mol. The first-order valence-electron chi connectivity index (χ1n) is 7.16. The quantitative estimate of drug-likeness (QED) is 0.311. The van der Waals surface area contributed by atoms with Gasteiger partial charge in [0, 0.05) is 0 Å². The number of carbonyl (C=O) groups excluding carboxylic acids is 1. The van der Waals surface area contributed by atoms with Gasteiger partial charge in [-0.2, -0.15) is 9.78 Å². The molecule has 21 heavy (non-hydrogen) atoms. The summed E-state index contributed by atoms with van der Waals surface area (Å²) in [6.45, 7) is 14.4. The van der Waals surface area contributed by atoms with E-state index in [1.54, 1.807) is 6.92 Å². The zero-order valence-corrected chi connectivity index (χ0v) is 14.7. The van der Waals surface area contributed by atoms with Gasteiger partial charge in [0.05, 0.1) is 18.3 Å². The summed E-state index contributed by atoms with van der Waals surface area (Å²) in [4.78, 5) is 33.4. The van der Waals surface area contributed by atoms with Crippen LogP contribution in [0.25, 0.3) is 0 Å². The molecule has 0 radical (unpaired) electrons. The second kappa shape index (κ2) is 7.54. The monoisotopic (exact) mass is 306 g/mol. The highest BCUT2D eigenvalue weighted by molar-refractivity contribution is 5.73. The van der Waals surface area contributed by atoms with Crippen molar-refractivity contribution in [3.8, 4) is 0 Å². The highest BCUT2D eigenvalue weighted by Gasteiger charge is 2.45. The topological polar surface area (TPSA) is 63.2 Å². The van der Waals surface area contributed by atoms with Crippen LogP contribution < -0.4 is 0 Å². The van der Waals surface area contributed by atoms with Crippen molar-refractivity contribution in [2.75, 3.05) is 7.11 Å². The molecule has 6 heteroatoms. The lowest BCUT2D eigenvalue weighted by molar-refractivity contribution is -0.544. The molecule has 6 nitrogen and oxygen atoms in total. The molecular formula is C15H30O6. The molecule has 1 atom stereocenters. The molecule has 126 valence electrons. The number of ether oxygens (including phenoxy) is 1. The van der Waals surface area contributed by atoms with Gasteiger partial charge in [-0.1, -0.05) is 6.92 Å². The molecule has 0 aliphatic heterocycles. The van der Waals surface area contributed by atoms with Crippen LogP contribution in [0.5, 0.6) is 0 Å². The summed E-state index contributed by atoms with van der Waals surface area (Å²) in [5.41, 5.74) is -1.11. The fraction of sp³-hybridized carbons (Fsp3) is 0.933. The molecule has 0 aliphatic carbocycles. The van der Waals surface area contributed by atoms with E-state index in [4.69, 9.17) is 24.3 Å². The standard InChI is InChI=1S/C15H30O6/c1-10-11(12(16)17-9)15(8,20-18-13(2,3)4)21-19-14(5,6)7/h11H,10H2,1-9H3. The lowest BCUT2D eigenvalue weighted by atomic mass is 9.97. The van der Waals surface area contributed by atoms with Gasteiger partial charge in [0.15, 0.2) is 0 Å². The molecule has 0 aliphatic rings. The Morgan fingerprint density at radius 3 is 1.48 bits per heavy atom. The van der Waals surface area contributed by atoms with Crippen molar-refractivity contribution in [3.05, 3.63) is 0 Å². The van der Waals surface area contributed by atoms with E-state index in [0.717, 1.165) is 0 Å². The van der Waals surface area contributed by atoms with Crippen molar-refractivity contribution in [1.29, 1.82) is 0 Å². The molecule has 0 saturated carbocycles. The van der Waals surface area contributed by atoms with Crippen LogP contribution in [0.4, 0.5) is 0 Å². The smallest absolute Gasteiger partial charge is 0.314 e. The summed E-state index contributed by atoms with van der Waals surface area (Å²) in [5, 5.41) is 0. The Morgan fingerprint density at radius 1 is 0.857 bits per heavy atom. The Balaban J connectivity index is 5.17. The molecule has 0 heterocycles. The van der Waals surface area contributed by atoms with Crippen LogP contribution in [0, 0.1) is 5.92 Å². The normalized spacial score (nSPS) is 14.9. The SMILES string of the molecule is CCC(C(=O)OC)C(C)(OOC(C)(C)C)OOC(C)(C)C. The maximum Gasteiger partial charge on any atom is 0.314 e. The predicted molar refractivity (Wildman–Crippen MR) is 78.0 cm³/mol. The second-order valence-electron chi connectivity index (χ2n) is 7.06. The van der Waals surface area contributed by atoms with Crippen molar-refractivity contribution in [2.45, 2.75) is 78.8 Å². The average Bonchev–Trinajstić information content (AvgIpc) is 2.33. The molecule has 0 fully saturated rings. The van der Waals surface area contributed by atoms with E-state index in [0.29, 0.717) is 6.42 Å². The van der Waals surface area contributed by atoms with Gasteiger partial charge in [0.25, 0.3) is 0 Å². The zero-order chi connectivity index (χ0) is 16.9. The van der Waals surface area contributed by atoms with Gasteiger partial charge in [-0.3, -0.25) is 4.79 Å². The largest absolute Gasteiger partial charge is 0.469 e. The van der Waals surface area contributed by atoms with E-state index in [9.17, 15) is 4.79 Å². The Bertz CT molecular complexity index is 308. The molecule has 1 unspecified atom stereocenters. The summed E-state index contributed by atoms with van der Waals surface area (Å²) in [6, 6.07) is 0. The molecule has 0 spiro atoms. The van der Waals surface area contributed by atoms with Crippen molar-refractivity contribution < 1.29 is 29.1 Å². The van der Waals surface area contributed by atoms with Crippen molar-refractivity contribution in [2.24, 2.45) is 5.92 Å². The van der Waals surface area contributed by atoms with Crippen molar-refractivity contribution >= 4 is 5.97 Å². The fourth-order valence-electron chi connectivity index (χ4n) is 1.44. The van der Waals surface area contributed by atoms with Gasteiger partial charge < -0.3 is 4.74 Å². The van der Waals surface area contributed by atoms with E-state index < -0.39 is 28.9 Å². The summed E-state index contributed by atoms with van der Waals surface area (Å²) in [6.07, 6.45) is 0.449. The maximum atomic E-state index is 11.9. The Morgan fingerprint density at radius 2 is 1.24 bits per heavy atom. The summed E-state index contributed by atoms with van der Waals surface area (Å²) < 4.78 is 4.80. The number of hydrogen-bond donors (Lipinski definition) is 0. The van der Waals surface area contributed by atoms with E-state index in [2.05, 4.69) is 0 Å². The van der Waals surface area contributed by atoms with Gasteiger partial charge in [-0.05, 0) is 54.9 Å². The van der Waals surface area contributed by atoms with Crippen LogP contribution in [-0.4, -0.2) is 30.1 Å². The number of carbonyl (C=O) groups is 1. The second-order valence-corrected chi connectivity index (χ2v) is 7.06. The minimum Gasteiger partial charge on any atom is -0.469 e. The Hall–Kier alpha value is -0.690. The van der Waals surface area contributed by atoms with Gasteiger partial charge in [-0.25, -0.2) is 9.78 Å². The van der Waals surface area contributed by atoms with Crippen LogP contribution in [0.1, 0.15) is 61.8 Å². The first-order chi connectivity index (χ1) is 9.34. The van der Waals surface area contributed by atoms with E-state index in [1.807, 2.05) is 48.5 Å². The van der Waals surface area contributed by atoms with Crippen LogP contribution in [-0.2, 0) is 29.1 Å². The molecule has 0 rings (SSSR count). The minimum absolute atomic E-state index is 0.449.